The minimum atomic E-state index is -3.41. The molecule has 0 fully saturated rings. The van der Waals surface area contributed by atoms with Crippen LogP contribution in [-0.2, 0) is 10.0 Å². The van der Waals surface area contributed by atoms with E-state index in [1.165, 1.54) is 29.5 Å². The minimum absolute atomic E-state index is 0.284. The van der Waals surface area contributed by atoms with Gasteiger partial charge in [0.2, 0.25) is 10.0 Å². The number of hydrogen-bond donors (Lipinski definition) is 2. The van der Waals surface area contributed by atoms with Crippen LogP contribution in [0.15, 0.2) is 33.4 Å². The number of carbonyl (C=O) groups is 1. The van der Waals surface area contributed by atoms with E-state index in [9.17, 15) is 13.2 Å². The highest BCUT2D eigenvalue weighted by atomic mass is 79.9. The van der Waals surface area contributed by atoms with E-state index in [2.05, 4.69) is 26.0 Å². The lowest BCUT2D eigenvalue weighted by atomic mass is 10.2. The summed E-state index contributed by atoms with van der Waals surface area (Å²) < 4.78 is 25.6. The predicted molar refractivity (Wildman–Crippen MR) is 89.9 cm³/mol. The Bertz CT molecular complexity index is 790. The molecule has 0 atom stereocenters. The van der Waals surface area contributed by atoms with E-state index in [1.807, 2.05) is 0 Å². The zero-order valence-electron chi connectivity index (χ0n) is 10.7. The van der Waals surface area contributed by atoms with E-state index in [1.54, 1.807) is 11.4 Å². The molecule has 0 spiro atoms. The third-order valence-corrected chi connectivity index (χ3v) is 4.62. The van der Waals surface area contributed by atoms with Crippen molar-refractivity contribution < 1.29 is 13.2 Å². The number of hydrogen-bond acceptors (Lipinski definition) is 4. The third kappa shape index (κ3) is 4.99. The van der Waals surface area contributed by atoms with Crippen LogP contribution in [0.3, 0.4) is 0 Å². The standard InChI is InChI=1S/C12H10BrClN2O3S2/c1-21(18,19)16-10-4-8(14)3-9(5-10)15-12(17)7-2-11(13)20-6-7/h2-6,16H,1H3,(H,15,17). The maximum Gasteiger partial charge on any atom is 0.256 e. The molecule has 2 N–H and O–H groups in total. The minimum Gasteiger partial charge on any atom is -0.322 e. The number of carbonyl (C=O) groups excluding carboxylic acids is 1. The van der Waals surface area contributed by atoms with Gasteiger partial charge in [-0.3, -0.25) is 9.52 Å². The molecule has 9 heteroatoms. The number of thiophene rings is 1. The Balaban J connectivity index is 2.22. The molecule has 0 saturated heterocycles. The average Bonchev–Trinajstić information content (AvgIpc) is 2.72. The normalized spacial score (nSPS) is 11.2. The van der Waals surface area contributed by atoms with Crippen LogP contribution in [0.2, 0.25) is 5.02 Å². The summed E-state index contributed by atoms with van der Waals surface area (Å²) in [4.78, 5) is 12.0. The summed E-state index contributed by atoms with van der Waals surface area (Å²) in [5, 5.41) is 4.68. The Kier molecular flexibility index (Phi) is 4.92. The van der Waals surface area contributed by atoms with E-state index in [0.717, 1.165) is 10.0 Å². The first-order valence-corrected chi connectivity index (χ1v) is 9.51. The molecule has 5 nitrogen and oxygen atoms in total. The molecule has 0 bridgehead atoms. The molecule has 2 rings (SSSR count). The smallest absolute Gasteiger partial charge is 0.256 e. The maximum atomic E-state index is 12.0. The molecule has 0 unspecified atom stereocenters. The Morgan fingerprint density at radius 2 is 1.90 bits per heavy atom. The fourth-order valence-corrected chi connectivity index (χ4v) is 3.48. The molecular weight excluding hydrogens is 400 g/mol. The van der Waals surface area contributed by atoms with Gasteiger partial charge in [-0.2, -0.15) is 0 Å². The van der Waals surface area contributed by atoms with Crippen LogP contribution in [0.25, 0.3) is 0 Å². The predicted octanol–water partition coefficient (Wildman–Crippen LogP) is 3.79. The summed E-state index contributed by atoms with van der Waals surface area (Å²) in [6.07, 6.45) is 1.04. The van der Waals surface area contributed by atoms with Crippen molar-refractivity contribution in [3.8, 4) is 0 Å². The summed E-state index contributed by atoms with van der Waals surface area (Å²) in [6, 6.07) is 6.18. The number of rotatable bonds is 4. The Hall–Kier alpha value is -1.09. The first kappa shape index (κ1) is 16.3. The van der Waals surface area contributed by atoms with Gasteiger partial charge in [-0.05, 0) is 40.2 Å². The fraction of sp³-hybridized carbons (Fsp3) is 0.0833. The van der Waals surface area contributed by atoms with Gasteiger partial charge in [0.25, 0.3) is 5.91 Å². The van der Waals surface area contributed by atoms with E-state index in [4.69, 9.17) is 11.6 Å². The van der Waals surface area contributed by atoms with Crippen LogP contribution < -0.4 is 10.0 Å². The summed E-state index contributed by atoms with van der Waals surface area (Å²) in [5.74, 6) is -0.301. The highest BCUT2D eigenvalue weighted by Gasteiger charge is 2.10. The molecule has 0 saturated carbocycles. The summed E-state index contributed by atoms with van der Waals surface area (Å²) >= 11 is 10.6. The summed E-state index contributed by atoms with van der Waals surface area (Å²) in [7, 11) is -3.41. The van der Waals surface area contributed by atoms with Crippen molar-refractivity contribution in [2.75, 3.05) is 16.3 Å². The van der Waals surface area contributed by atoms with Crippen molar-refractivity contribution in [2.45, 2.75) is 0 Å². The largest absolute Gasteiger partial charge is 0.322 e. The highest BCUT2D eigenvalue weighted by molar-refractivity contribution is 9.11. The van der Waals surface area contributed by atoms with E-state index in [-0.39, 0.29) is 11.6 Å². The fourth-order valence-electron chi connectivity index (χ4n) is 1.57. The molecule has 112 valence electrons. The quantitative estimate of drug-likeness (QED) is 0.807. The van der Waals surface area contributed by atoms with Crippen molar-refractivity contribution in [1.29, 1.82) is 0 Å². The number of anilines is 2. The van der Waals surface area contributed by atoms with Crippen molar-refractivity contribution in [3.63, 3.8) is 0 Å². The second-order valence-corrected chi connectivity index (χ2v) is 8.67. The lowest BCUT2D eigenvalue weighted by molar-refractivity contribution is 0.102. The van der Waals surface area contributed by atoms with Gasteiger partial charge in [0.05, 0.1) is 21.3 Å². The van der Waals surface area contributed by atoms with Gasteiger partial charge in [-0.15, -0.1) is 11.3 Å². The van der Waals surface area contributed by atoms with Crippen LogP contribution in [0.5, 0.6) is 0 Å². The van der Waals surface area contributed by atoms with E-state index >= 15 is 0 Å². The third-order valence-electron chi connectivity index (χ3n) is 2.29. The molecule has 1 aromatic carbocycles. The number of sulfonamides is 1. The molecule has 1 amide bonds. The first-order chi connectivity index (χ1) is 9.73. The number of nitrogens with one attached hydrogen (secondary N) is 2. The van der Waals surface area contributed by atoms with E-state index in [0.29, 0.717) is 16.3 Å². The molecule has 0 aliphatic heterocycles. The Morgan fingerprint density at radius 1 is 1.24 bits per heavy atom. The lowest BCUT2D eigenvalue weighted by Gasteiger charge is -2.09. The summed E-state index contributed by atoms with van der Waals surface area (Å²) in [6.45, 7) is 0. The van der Waals surface area contributed by atoms with Gasteiger partial charge < -0.3 is 5.32 Å². The van der Waals surface area contributed by atoms with E-state index < -0.39 is 10.0 Å². The van der Waals surface area contributed by atoms with Gasteiger partial charge >= 0.3 is 0 Å². The van der Waals surface area contributed by atoms with Crippen LogP contribution in [0.4, 0.5) is 11.4 Å². The van der Waals surface area contributed by atoms with Gasteiger partial charge in [-0.1, -0.05) is 11.6 Å². The van der Waals surface area contributed by atoms with Gasteiger partial charge in [0.15, 0.2) is 0 Å². The van der Waals surface area contributed by atoms with Gasteiger partial charge in [0, 0.05) is 16.1 Å². The van der Waals surface area contributed by atoms with Crippen LogP contribution in [0.1, 0.15) is 10.4 Å². The molecule has 0 radical (unpaired) electrons. The topological polar surface area (TPSA) is 75.3 Å². The summed E-state index contributed by atoms with van der Waals surface area (Å²) in [5.41, 5.74) is 1.19. The van der Waals surface area contributed by atoms with Gasteiger partial charge in [0.1, 0.15) is 0 Å². The molecule has 0 aliphatic carbocycles. The molecule has 0 aliphatic rings. The highest BCUT2D eigenvalue weighted by Crippen LogP contribution is 2.25. The monoisotopic (exact) mass is 408 g/mol. The average molecular weight is 410 g/mol. The van der Waals surface area contributed by atoms with Crippen molar-refractivity contribution >= 4 is 66.2 Å². The van der Waals surface area contributed by atoms with Crippen molar-refractivity contribution in [3.05, 3.63) is 44.0 Å². The Morgan fingerprint density at radius 3 is 2.48 bits per heavy atom. The molecule has 21 heavy (non-hydrogen) atoms. The maximum absolute atomic E-state index is 12.0. The molecule has 1 aromatic heterocycles. The van der Waals surface area contributed by atoms with Crippen LogP contribution in [-0.4, -0.2) is 20.6 Å². The van der Waals surface area contributed by atoms with Crippen molar-refractivity contribution in [2.24, 2.45) is 0 Å². The SMILES string of the molecule is CS(=O)(=O)Nc1cc(Cl)cc(NC(=O)c2csc(Br)c2)c1. The number of halogens is 2. The van der Waals surface area contributed by atoms with Crippen molar-refractivity contribution in [1.82, 2.24) is 0 Å². The van der Waals surface area contributed by atoms with Crippen LogP contribution >= 0.6 is 38.9 Å². The second-order valence-electron chi connectivity index (χ2n) is 4.20. The zero-order chi connectivity index (χ0) is 15.6. The van der Waals surface area contributed by atoms with Crippen LogP contribution in [0, 0.1) is 0 Å². The molecular formula is C12H10BrClN2O3S2. The lowest BCUT2D eigenvalue weighted by Crippen LogP contribution is -2.12. The molecule has 2 aromatic rings. The zero-order valence-corrected chi connectivity index (χ0v) is 14.7. The Labute approximate surface area is 139 Å². The second kappa shape index (κ2) is 6.35. The first-order valence-electron chi connectivity index (χ1n) is 5.57. The van der Waals surface area contributed by atoms with Gasteiger partial charge in [-0.25, -0.2) is 8.42 Å². The molecule has 1 heterocycles. The number of benzene rings is 1. The number of amides is 1.